The molecular formula is C23H22F5N5O3. The van der Waals surface area contributed by atoms with Crippen LogP contribution in [0.4, 0.5) is 22.0 Å². The molecule has 4 rings (SSSR count). The van der Waals surface area contributed by atoms with Crippen LogP contribution in [0.25, 0.3) is 6.08 Å². The molecule has 13 heteroatoms. The minimum Gasteiger partial charge on any atom is -0.343 e. The van der Waals surface area contributed by atoms with E-state index < -0.39 is 48.3 Å². The van der Waals surface area contributed by atoms with Gasteiger partial charge in [-0.15, -0.1) is 0 Å². The van der Waals surface area contributed by atoms with Crippen molar-refractivity contribution >= 4 is 23.8 Å². The summed E-state index contributed by atoms with van der Waals surface area (Å²) in [6.07, 6.45) is -1.12. The lowest BCUT2D eigenvalue weighted by Gasteiger charge is -2.28. The van der Waals surface area contributed by atoms with Crippen LogP contribution in [0, 0.1) is 0 Å². The second-order valence-electron chi connectivity index (χ2n) is 8.55. The van der Waals surface area contributed by atoms with Crippen LogP contribution in [0.3, 0.4) is 0 Å². The van der Waals surface area contributed by atoms with Gasteiger partial charge in [0.25, 0.3) is 11.8 Å². The van der Waals surface area contributed by atoms with Crippen LogP contribution in [-0.4, -0.2) is 69.4 Å². The largest absolute Gasteiger partial charge is 0.416 e. The molecule has 192 valence electrons. The maximum absolute atomic E-state index is 13.5. The average molecular weight is 511 g/mol. The number of nitrogens with one attached hydrogen (secondary N) is 1. The molecule has 0 saturated carbocycles. The third kappa shape index (κ3) is 5.71. The van der Waals surface area contributed by atoms with Crippen molar-refractivity contribution in [2.24, 2.45) is 0 Å². The number of halogens is 5. The highest BCUT2D eigenvalue weighted by atomic mass is 19.4. The van der Waals surface area contributed by atoms with Gasteiger partial charge >= 0.3 is 6.18 Å². The molecule has 3 amide bonds. The molecule has 0 aliphatic carbocycles. The van der Waals surface area contributed by atoms with E-state index in [0.29, 0.717) is 17.8 Å². The number of rotatable bonds is 5. The van der Waals surface area contributed by atoms with Gasteiger partial charge in [0.1, 0.15) is 0 Å². The Morgan fingerprint density at radius 1 is 1.06 bits per heavy atom. The zero-order valence-electron chi connectivity index (χ0n) is 18.9. The predicted molar refractivity (Wildman–Crippen MR) is 117 cm³/mol. The third-order valence-corrected chi connectivity index (χ3v) is 5.99. The lowest BCUT2D eigenvalue weighted by molar-refractivity contribution is -0.137. The van der Waals surface area contributed by atoms with E-state index >= 15 is 0 Å². The summed E-state index contributed by atoms with van der Waals surface area (Å²) in [7, 11) is 0. The minimum atomic E-state index is -4.46. The summed E-state index contributed by atoms with van der Waals surface area (Å²) in [6, 6.07) is 4.24. The lowest BCUT2D eigenvalue weighted by Crippen LogP contribution is -2.44. The van der Waals surface area contributed by atoms with Gasteiger partial charge in [-0.2, -0.15) is 18.3 Å². The predicted octanol–water partition coefficient (Wildman–Crippen LogP) is 2.55. The first-order valence-electron chi connectivity index (χ1n) is 11.1. The number of nitrogens with zero attached hydrogens (tertiary/aromatic N) is 4. The van der Waals surface area contributed by atoms with E-state index in [1.807, 2.05) is 0 Å². The first-order chi connectivity index (χ1) is 16.9. The zero-order chi connectivity index (χ0) is 26.1. The van der Waals surface area contributed by atoms with Crippen molar-refractivity contribution in [2.45, 2.75) is 31.6 Å². The highest BCUT2D eigenvalue weighted by Gasteiger charge is 2.41. The van der Waals surface area contributed by atoms with E-state index in [1.54, 1.807) is 4.68 Å². The number of carbonyl (C=O) groups is 3. The molecule has 8 nitrogen and oxygen atoms in total. The summed E-state index contributed by atoms with van der Waals surface area (Å²) in [5, 5.41) is 6.54. The first-order valence-corrected chi connectivity index (χ1v) is 11.1. The van der Waals surface area contributed by atoms with Crippen LogP contribution in [-0.2, 0) is 28.9 Å². The molecule has 2 aliphatic rings. The SMILES string of the molecule is O=C(/C=C/c1ccc(C(F)(F)F)cc1)NCC(=O)N1CCn2ncc(C(=O)N3CCC(F)(F)C3)c2C1. The van der Waals surface area contributed by atoms with E-state index in [9.17, 15) is 36.3 Å². The lowest BCUT2D eigenvalue weighted by atomic mass is 10.1. The summed E-state index contributed by atoms with van der Waals surface area (Å²) in [4.78, 5) is 39.9. The van der Waals surface area contributed by atoms with E-state index in [1.165, 1.54) is 29.3 Å². The van der Waals surface area contributed by atoms with E-state index in [-0.39, 0.29) is 31.7 Å². The molecule has 2 aromatic rings. The average Bonchev–Trinajstić information content (AvgIpc) is 3.42. The normalized spacial score (nSPS) is 17.4. The summed E-state index contributed by atoms with van der Waals surface area (Å²) in [5.74, 6) is -4.53. The summed E-state index contributed by atoms with van der Waals surface area (Å²) >= 11 is 0. The maximum atomic E-state index is 13.5. The molecule has 2 aliphatic heterocycles. The molecular weight excluding hydrogens is 489 g/mol. The van der Waals surface area contributed by atoms with Gasteiger partial charge in [0.2, 0.25) is 11.8 Å². The van der Waals surface area contributed by atoms with Gasteiger partial charge in [-0.1, -0.05) is 12.1 Å². The highest BCUT2D eigenvalue weighted by Crippen LogP contribution is 2.30. The monoisotopic (exact) mass is 511 g/mol. The van der Waals surface area contributed by atoms with E-state index in [0.717, 1.165) is 23.1 Å². The van der Waals surface area contributed by atoms with Crippen LogP contribution in [0.5, 0.6) is 0 Å². The topological polar surface area (TPSA) is 87.5 Å². The Kier molecular flexibility index (Phi) is 6.83. The zero-order valence-corrected chi connectivity index (χ0v) is 18.9. The number of fused-ring (bicyclic) bond motifs is 1. The summed E-state index contributed by atoms with van der Waals surface area (Å²) < 4.78 is 66.4. The van der Waals surface area contributed by atoms with Gasteiger partial charge in [-0.25, -0.2) is 8.78 Å². The minimum absolute atomic E-state index is 0.0292. The molecule has 0 atom stereocenters. The maximum Gasteiger partial charge on any atom is 0.416 e. The number of hydrogen-bond acceptors (Lipinski definition) is 4. The van der Waals surface area contributed by atoms with Crippen LogP contribution < -0.4 is 5.32 Å². The highest BCUT2D eigenvalue weighted by molar-refractivity contribution is 5.96. The van der Waals surface area contributed by atoms with Crippen molar-refractivity contribution in [3.63, 3.8) is 0 Å². The number of likely N-dealkylation sites (tertiary alicyclic amines) is 1. The molecule has 1 saturated heterocycles. The quantitative estimate of drug-likeness (QED) is 0.494. The second-order valence-corrected chi connectivity index (χ2v) is 8.55. The van der Waals surface area contributed by atoms with Crippen molar-refractivity contribution in [3.05, 3.63) is 58.9 Å². The Hall–Kier alpha value is -3.77. The van der Waals surface area contributed by atoms with Crippen LogP contribution in [0.2, 0.25) is 0 Å². The van der Waals surface area contributed by atoms with Crippen molar-refractivity contribution in [3.8, 4) is 0 Å². The van der Waals surface area contributed by atoms with Gasteiger partial charge < -0.3 is 15.1 Å². The molecule has 1 aromatic heterocycles. The number of hydrogen-bond donors (Lipinski definition) is 1. The number of alkyl halides is 5. The van der Waals surface area contributed by atoms with Crippen molar-refractivity contribution in [1.82, 2.24) is 24.9 Å². The molecule has 36 heavy (non-hydrogen) atoms. The Morgan fingerprint density at radius 3 is 2.42 bits per heavy atom. The Balaban J connectivity index is 1.31. The second kappa shape index (κ2) is 9.70. The van der Waals surface area contributed by atoms with Gasteiger partial charge in [-0.05, 0) is 23.8 Å². The molecule has 0 radical (unpaired) electrons. The van der Waals surface area contributed by atoms with Crippen LogP contribution in [0.1, 0.15) is 33.6 Å². The summed E-state index contributed by atoms with van der Waals surface area (Å²) in [5.41, 5.74) is 0.166. The van der Waals surface area contributed by atoms with E-state index in [2.05, 4.69) is 10.4 Å². The van der Waals surface area contributed by atoms with Gasteiger partial charge in [0.15, 0.2) is 0 Å². The summed E-state index contributed by atoms with van der Waals surface area (Å²) in [6.45, 7) is -0.462. The Bertz CT molecular complexity index is 1190. The fourth-order valence-corrected chi connectivity index (χ4v) is 4.01. The Morgan fingerprint density at radius 2 is 1.78 bits per heavy atom. The molecule has 1 N–H and O–H groups in total. The van der Waals surface area contributed by atoms with Crippen molar-refractivity contribution in [1.29, 1.82) is 0 Å². The van der Waals surface area contributed by atoms with Crippen LogP contribution in [0.15, 0.2) is 36.5 Å². The van der Waals surface area contributed by atoms with Crippen LogP contribution >= 0.6 is 0 Å². The fourth-order valence-electron chi connectivity index (χ4n) is 4.01. The number of amides is 3. The first kappa shape index (κ1) is 25.3. The van der Waals surface area contributed by atoms with Gasteiger partial charge in [-0.3, -0.25) is 19.1 Å². The van der Waals surface area contributed by atoms with Crippen molar-refractivity contribution < 1.29 is 36.3 Å². The fraction of sp³-hybridized carbons (Fsp3) is 0.391. The number of aromatic nitrogens is 2. The van der Waals surface area contributed by atoms with Crippen molar-refractivity contribution in [2.75, 3.05) is 26.2 Å². The molecule has 0 spiro atoms. The number of benzene rings is 1. The molecule has 1 fully saturated rings. The Labute approximate surface area is 202 Å². The molecule has 1 aromatic carbocycles. The molecule has 0 bridgehead atoms. The smallest absolute Gasteiger partial charge is 0.343 e. The van der Waals surface area contributed by atoms with E-state index in [4.69, 9.17) is 0 Å². The molecule has 0 unspecified atom stereocenters. The third-order valence-electron chi connectivity index (χ3n) is 5.99. The van der Waals surface area contributed by atoms with Gasteiger partial charge in [0.05, 0.1) is 49.2 Å². The molecule has 3 heterocycles. The standard InChI is InChI=1S/C23H22F5N5O3/c24-22(25)7-8-32(14-22)21(36)17-11-30-33-10-9-31(13-18(17)33)20(35)12-29-19(34)6-3-15-1-4-16(5-2-15)23(26,27)28/h1-6,11H,7-10,12-14H2,(H,29,34)/b6-3+. The van der Waals surface area contributed by atoms with Gasteiger partial charge in [0, 0.05) is 25.6 Å². The number of carbonyl (C=O) groups excluding carboxylic acids is 3.